The molecule has 0 saturated carbocycles. The standard InChI is InChI=1S/C29H22N6O2/c1-35(2)16-9-7-15(8-10-16)28(37-29(30)36)27-25-20(13-31-27)23-18(11-12-22-19(23)14-32-34-22)26-24(25)17-5-3-4-6-21(17)33-26/h3-14,28,31H,1-2H3,(H2,30,36). The van der Waals surface area contributed by atoms with Gasteiger partial charge in [0.2, 0.25) is 0 Å². The predicted molar refractivity (Wildman–Crippen MR) is 143 cm³/mol. The molecule has 0 radical (unpaired) electrons. The largest absolute Gasteiger partial charge is 0.435 e. The molecular weight excluding hydrogens is 464 g/mol. The smallest absolute Gasteiger partial charge is 0.405 e. The number of anilines is 1. The molecule has 5 aromatic rings. The summed E-state index contributed by atoms with van der Waals surface area (Å²) in [6, 6.07) is 20.0. The number of nitrogens with one attached hydrogen (secondary N) is 1. The van der Waals surface area contributed by atoms with E-state index in [9.17, 15) is 4.79 Å². The summed E-state index contributed by atoms with van der Waals surface area (Å²) in [5.74, 6) is 0. The zero-order chi connectivity index (χ0) is 25.3. The van der Waals surface area contributed by atoms with Gasteiger partial charge in [-0.1, -0.05) is 30.3 Å². The monoisotopic (exact) mass is 486 g/mol. The fourth-order valence-electron chi connectivity index (χ4n) is 5.47. The highest BCUT2D eigenvalue weighted by Crippen LogP contribution is 2.42. The second-order valence-corrected chi connectivity index (χ2v) is 9.41. The summed E-state index contributed by atoms with van der Waals surface area (Å²) in [7, 11) is 3.96. The van der Waals surface area contributed by atoms with Crippen molar-refractivity contribution in [2.45, 2.75) is 6.10 Å². The van der Waals surface area contributed by atoms with Crippen molar-refractivity contribution >= 4 is 45.2 Å². The summed E-state index contributed by atoms with van der Waals surface area (Å²) in [5.41, 5.74) is 9.99. The number of nitrogens with two attached hydrogens (primary N) is 1. The summed E-state index contributed by atoms with van der Waals surface area (Å²) in [4.78, 5) is 22.6. The Morgan fingerprint density at radius 1 is 0.973 bits per heavy atom. The van der Waals surface area contributed by atoms with Gasteiger partial charge >= 0.3 is 6.09 Å². The molecule has 0 bridgehead atoms. The van der Waals surface area contributed by atoms with E-state index in [1.54, 1.807) is 6.21 Å². The Balaban J connectivity index is 1.62. The number of benzene rings is 4. The first-order chi connectivity index (χ1) is 18.0. The lowest BCUT2D eigenvalue weighted by atomic mass is 9.94. The molecule has 180 valence electrons. The molecule has 8 heteroatoms. The van der Waals surface area contributed by atoms with Gasteiger partial charge in [0.1, 0.15) is 0 Å². The first kappa shape index (κ1) is 21.3. The molecule has 0 fully saturated rings. The number of amides is 1. The number of carbonyl (C=O) groups excluding carboxylic acids is 1. The number of aromatic amines is 1. The third-order valence-corrected chi connectivity index (χ3v) is 7.11. The van der Waals surface area contributed by atoms with Crippen LogP contribution in [0.3, 0.4) is 0 Å². The van der Waals surface area contributed by atoms with Crippen molar-refractivity contribution in [2.75, 3.05) is 19.0 Å². The number of para-hydroxylation sites is 1. The highest BCUT2D eigenvalue weighted by atomic mass is 16.6. The zero-order valence-corrected chi connectivity index (χ0v) is 20.2. The van der Waals surface area contributed by atoms with Crippen LogP contribution in [0.2, 0.25) is 0 Å². The summed E-state index contributed by atoms with van der Waals surface area (Å²) < 4.78 is 5.76. The molecule has 3 heterocycles. The van der Waals surface area contributed by atoms with Gasteiger partial charge in [0.15, 0.2) is 6.10 Å². The van der Waals surface area contributed by atoms with Crippen molar-refractivity contribution in [3.63, 3.8) is 0 Å². The zero-order valence-electron chi connectivity index (χ0n) is 20.2. The molecule has 0 aliphatic carbocycles. The molecule has 1 aromatic heterocycles. The van der Waals surface area contributed by atoms with Gasteiger partial charge in [-0.05, 0) is 35.9 Å². The molecule has 1 amide bonds. The normalized spacial score (nSPS) is 13.6. The molecule has 3 N–H and O–H groups in total. The number of nitrogens with zero attached hydrogens (tertiary/aromatic N) is 4. The average Bonchev–Trinajstić information content (AvgIpc) is 3.63. The van der Waals surface area contributed by atoms with Crippen LogP contribution in [0.25, 0.3) is 21.5 Å². The van der Waals surface area contributed by atoms with Crippen molar-refractivity contribution in [3.05, 3.63) is 105 Å². The number of fused-ring (bicyclic) bond motifs is 9. The maximum absolute atomic E-state index is 12.1. The summed E-state index contributed by atoms with van der Waals surface area (Å²) >= 11 is 0. The summed E-state index contributed by atoms with van der Waals surface area (Å²) in [6.07, 6.45) is 2.16. The number of ether oxygens (including phenoxy) is 1. The fourth-order valence-corrected chi connectivity index (χ4v) is 5.47. The third-order valence-electron chi connectivity index (χ3n) is 7.11. The Morgan fingerprint density at radius 2 is 1.78 bits per heavy atom. The number of hydrogen-bond acceptors (Lipinski definition) is 6. The lowest BCUT2D eigenvalue weighted by Crippen LogP contribution is -2.19. The molecule has 2 aliphatic rings. The van der Waals surface area contributed by atoms with Gasteiger partial charge in [-0.25, -0.2) is 9.79 Å². The number of aromatic nitrogens is 1. The molecule has 4 aromatic carbocycles. The van der Waals surface area contributed by atoms with Crippen LogP contribution in [0, 0.1) is 10.4 Å². The number of H-pyrrole nitrogens is 1. The van der Waals surface area contributed by atoms with Crippen LogP contribution < -0.4 is 21.3 Å². The molecule has 1 unspecified atom stereocenters. The predicted octanol–water partition coefficient (Wildman–Crippen LogP) is 4.09. The molecule has 1 atom stereocenters. The highest BCUT2D eigenvalue weighted by molar-refractivity contribution is 6.19. The lowest BCUT2D eigenvalue weighted by Gasteiger charge is -2.19. The van der Waals surface area contributed by atoms with Gasteiger partial charge in [-0.2, -0.15) is 10.2 Å². The van der Waals surface area contributed by atoms with Gasteiger partial charge in [-0.15, -0.1) is 0 Å². The van der Waals surface area contributed by atoms with E-state index < -0.39 is 12.2 Å². The van der Waals surface area contributed by atoms with E-state index in [1.165, 1.54) is 0 Å². The average molecular weight is 487 g/mol. The van der Waals surface area contributed by atoms with E-state index in [2.05, 4.69) is 27.3 Å². The molecule has 8 nitrogen and oxygen atoms in total. The Labute approximate surface area is 210 Å². The van der Waals surface area contributed by atoms with Crippen molar-refractivity contribution in [3.8, 4) is 0 Å². The van der Waals surface area contributed by atoms with Crippen LogP contribution in [-0.4, -0.2) is 31.4 Å². The van der Waals surface area contributed by atoms with Crippen LogP contribution >= 0.6 is 0 Å². The van der Waals surface area contributed by atoms with E-state index in [1.807, 2.05) is 73.7 Å². The molecule has 0 spiro atoms. The van der Waals surface area contributed by atoms with Gasteiger partial charge < -0.3 is 20.4 Å². The quantitative estimate of drug-likeness (QED) is 0.392. The number of rotatable bonds is 4. The molecular formula is C29H22N6O2. The second-order valence-electron chi connectivity index (χ2n) is 9.41. The minimum absolute atomic E-state index is 0.737. The third kappa shape index (κ3) is 3.09. The van der Waals surface area contributed by atoms with Crippen LogP contribution in [0.1, 0.15) is 22.9 Å². The number of hydrogen-bond donors (Lipinski definition) is 2. The second kappa shape index (κ2) is 7.76. The Hall–Kier alpha value is -4.98. The maximum atomic E-state index is 12.1. The van der Waals surface area contributed by atoms with Gasteiger partial charge in [-0.3, -0.25) is 0 Å². The molecule has 0 saturated heterocycles. The summed E-state index contributed by atoms with van der Waals surface area (Å²) in [6.45, 7) is 0. The van der Waals surface area contributed by atoms with Crippen molar-refractivity contribution in [1.29, 1.82) is 0 Å². The number of primary amides is 1. The van der Waals surface area contributed by atoms with Crippen LogP contribution in [0.5, 0.6) is 0 Å². The minimum atomic E-state index is -0.848. The van der Waals surface area contributed by atoms with E-state index in [-0.39, 0.29) is 0 Å². The van der Waals surface area contributed by atoms with E-state index in [0.29, 0.717) is 0 Å². The van der Waals surface area contributed by atoms with Gasteiger partial charge in [0.05, 0.1) is 28.3 Å². The van der Waals surface area contributed by atoms with Crippen molar-refractivity contribution in [2.24, 2.45) is 20.9 Å². The van der Waals surface area contributed by atoms with E-state index >= 15 is 0 Å². The SMILES string of the molecule is CN(C)c1ccc(C(OC(N)=O)c2[nH]cc3c2c2c(c4ccc5c(c43)C=NN=5)N=c3ccccc3=2)cc1. The Morgan fingerprint density at radius 3 is 2.57 bits per heavy atom. The molecule has 2 aliphatic heterocycles. The van der Waals surface area contributed by atoms with Crippen LogP contribution in [-0.2, 0) is 4.74 Å². The van der Waals surface area contributed by atoms with E-state index in [4.69, 9.17) is 15.5 Å². The fraction of sp³-hybridized carbons (Fsp3) is 0.103. The lowest BCUT2D eigenvalue weighted by molar-refractivity contribution is 0.125. The van der Waals surface area contributed by atoms with Crippen molar-refractivity contribution in [1.82, 2.24) is 4.98 Å². The topological polar surface area (TPSA) is 108 Å². The maximum Gasteiger partial charge on any atom is 0.405 e. The van der Waals surface area contributed by atoms with Crippen LogP contribution in [0.15, 0.2) is 82.1 Å². The first-order valence-electron chi connectivity index (χ1n) is 11.9. The number of carbonyl (C=O) groups is 1. The first-order valence-corrected chi connectivity index (χ1v) is 11.9. The van der Waals surface area contributed by atoms with Crippen LogP contribution in [0.4, 0.5) is 16.2 Å². The Bertz CT molecular complexity index is 2020. The summed E-state index contributed by atoms with van der Waals surface area (Å²) in [5, 5.41) is 16.2. The van der Waals surface area contributed by atoms with E-state index in [0.717, 1.165) is 70.9 Å². The molecule has 37 heavy (non-hydrogen) atoms. The van der Waals surface area contributed by atoms with Gasteiger partial charge in [0.25, 0.3) is 0 Å². The Kier molecular flexibility index (Phi) is 4.47. The molecule has 7 rings (SSSR count). The van der Waals surface area contributed by atoms with Gasteiger partial charge in [0, 0.05) is 63.5 Å². The highest BCUT2D eigenvalue weighted by Gasteiger charge is 2.27. The van der Waals surface area contributed by atoms with Crippen molar-refractivity contribution < 1.29 is 9.53 Å². The minimum Gasteiger partial charge on any atom is -0.435 e.